The average Bonchev–Trinajstić information content (AvgIpc) is 2.59. The van der Waals surface area contributed by atoms with Crippen molar-refractivity contribution in [3.05, 3.63) is 42.0 Å². The highest BCUT2D eigenvalue weighted by Crippen LogP contribution is 2.25. The molecule has 2 aromatic rings. The van der Waals surface area contributed by atoms with Gasteiger partial charge in [0.1, 0.15) is 11.3 Å². The van der Waals surface area contributed by atoms with Gasteiger partial charge in [-0.15, -0.1) is 0 Å². The molecule has 2 aromatic carbocycles. The Hall–Kier alpha value is -2.56. The lowest BCUT2D eigenvalue weighted by atomic mass is 10.0. The molecular weight excluding hydrogens is 306 g/mol. The summed E-state index contributed by atoms with van der Waals surface area (Å²) in [6.07, 6.45) is 3.08. The molecule has 1 heterocycles. The van der Waals surface area contributed by atoms with Crippen LogP contribution in [-0.4, -0.2) is 41.1 Å². The number of rotatable bonds is 3. The number of nitrogens with zero attached hydrogens (tertiary/aromatic N) is 1. The molecule has 0 saturated carbocycles. The van der Waals surface area contributed by atoms with E-state index in [0.29, 0.717) is 6.54 Å². The summed E-state index contributed by atoms with van der Waals surface area (Å²) in [5.74, 6) is -1.01. The smallest absolute Gasteiger partial charge is 0.342 e. The monoisotopic (exact) mass is 327 g/mol. The van der Waals surface area contributed by atoms with Crippen LogP contribution in [0.3, 0.4) is 0 Å². The van der Waals surface area contributed by atoms with Crippen molar-refractivity contribution in [2.24, 2.45) is 0 Å². The summed E-state index contributed by atoms with van der Waals surface area (Å²) in [7, 11) is 0. The van der Waals surface area contributed by atoms with Crippen LogP contribution >= 0.6 is 0 Å². The molecule has 1 N–H and O–H groups in total. The Bertz CT molecular complexity index is 771. The molecule has 0 spiro atoms. The van der Waals surface area contributed by atoms with Crippen LogP contribution in [0.4, 0.5) is 0 Å². The van der Waals surface area contributed by atoms with Crippen LogP contribution in [0.1, 0.15) is 36.5 Å². The number of benzene rings is 2. The highest BCUT2D eigenvalue weighted by molar-refractivity contribution is 5.99. The molecule has 0 unspecified atom stereocenters. The molecule has 5 nitrogen and oxygen atoms in total. The van der Waals surface area contributed by atoms with Gasteiger partial charge in [0.25, 0.3) is 5.91 Å². The topological polar surface area (TPSA) is 66.8 Å². The molecule has 0 aromatic heterocycles. The highest BCUT2D eigenvalue weighted by Gasteiger charge is 2.24. The maximum atomic E-state index is 12.2. The van der Waals surface area contributed by atoms with Gasteiger partial charge in [0.15, 0.2) is 6.61 Å². The Morgan fingerprint density at radius 2 is 1.92 bits per heavy atom. The second kappa shape index (κ2) is 6.91. The van der Waals surface area contributed by atoms with Gasteiger partial charge in [-0.1, -0.05) is 24.3 Å². The van der Waals surface area contributed by atoms with Gasteiger partial charge in [0.2, 0.25) is 0 Å². The highest BCUT2D eigenvalue weighted by atomic mass is 16.5. The number of amides is 1. The van der Waals surface area contributed by atoms with Crippen molar-refractivity contribution in [1.29, 1.82) is 0 Å². The van der Waals surface area contributed by atoms with E-state index in [2.05, 4.69) is 0 Å². The predicted molar refractivity (Wildman–Crippen MR) is 90.9 cm³/mol. The Labute approximate surface area is 140 Å². The molecule has 1 fully saturated rings. The van der Waals surface area contributed by atoms with Crippen LogP contribution in [0.15, 0.2) is 36.4 Å². The number of phenolic OH excluding ortho intramolecular Hbond substituents is 1. The largest absolute Gasteiger partial charge is 0.507 e. The lowest BCUT2D eigenvalue weighted by molar-refractivity contribution is -0.137. The fourth-order valence-electron chi connectivity index (χ4n) is 3.15. The van der Waals surface area contributed by atoms with Gasteiger partial charge in [-0.2, -0.15) is 0 Å². The van der Waals surface area contributed by atoms with Crippen molar-refractivity contribution >= 4 is 22.6 Å². The van der Waals surface area contributed by atoms with E-state index < -0.39 is 5.97 Å². The summed E-state index contributed by atoms with van der Waals surface area (Å²) < 4.78 is 5.13. The van der Waals surface area contributed by atoms with Gasteiger partial charge in [0.05, 0.1) is 0 Å². The molecule has 1 aliphatic heterocycles. The van der Waals surface area contributed by atoms with Crippen molar-refractivity contribution in [3.8, 4) is 5.75 Å². The van der Waals surface area contributed by atoms with Crippen molar-refractivity contribution in [2.45, 2.75) is 32.2 Å². The second-order valence-corrected chi connectivity index (χ2v) is 6.22. The van der Waals surface area contributed by atoms with Gasteiger partial charge < -0.3 is 14.7 Å². The fourth-order valence-corrected chi connectivity index (χ4v) is 3.15. The zero-order valence-electron chi connectivity index (χ0n) is 13.7. The minimum atomic E-state index is -0.684. The first-order valence-electron chi connectivity index (χ1n) is 8.24. The van der Waals surface area contributed by atoms with E-state index in [4.69, 9.17) is 4.74 Å². The van der Waals surface area contributed by atoms with E-state index in [9.17, 15) is 14.7 Å². The summed E-state index contributed by atoms with van der Waals surface area (Å²) in [5, 5.41) is 11.7. The van der Waals surface area contributed by atoms with Crippen LogP contribution in [0.5, 0.6) is 5.75 Å². The van der Waals surface area contributed by atoms with E-state index in [-0.39, 0.29) is 29.9 Å². The van der Waals surface area contributed by atoms with Gasteiger partial charge in [-0.05, 0) is 49.1 Å². The van der Waals surface area contributed by atoms with Crippen molar-refractivity contribution < 1.29 is 19.4 Å². The fraction of sp³-hybridized carbons (Fsp3) is 0.368. The molecular formula is C19H21NO4. The van der Waals surface area contributed by atoms with Crippen molar-refractivity contribution in [2.75, 3.05) is 13.2 Å². The van der Waals surface area contributed by atoms with Gasteiger partial charge >= 0.3 is 5.97 Å². The Morgan fingerprint density at radius 1 is 1.21 bits per heavy atom. The summed E-state index contributed by atoms with van der Waals surface area (Å²) in [4.78, 5) is 26.2. The predicted octanol–water partition coefficient (Wildman–Crippen LogP) is 3.10. The SMILES string of the molecule is C[C@H]1CCCCN1C(=O)COC(=O)c1cc2ccccc2cc1O. The Kier molecular flexibility index (Phi) is 4.69. The molecule has 0 aliphatic carbocycles. The molecule has 0 bridgehead atoms. The van der Waals surface area contributed by atoms with Crippen LogP contribution < -0.4 is 0 Å². The maximum absolute atomic E-state index is 12.2. The number of phenols is 1. The van der Waals surface area contributed by atoms with Crippen LogP contribution in [0.2, 0.25) is 0 Å². The first-order valence-corrected chi connectivity index (χ1v) is 8.24. The third-order valence-electron chi connectivity index (χ3n) is 4.53. The normalized spacial score (nSPS) is 17.7. The first kappa shape index (κ1) is 16.3. The summed E-state index contributed by atoms with van der Waals surface area (Å²) in [5.41, 5.74) is 0.0770. The number of hydrogen-bond acceptors (Lipinski definition) is 4. The van der Waals surface area contributed by atoms with E-state index >= 15 is 0 Å². The summed E-state index contributed by atoms with van der Waals surface area (Å²) in [6, 6.07) is 10.7. The van der Waals surface area contributed by atoms with Crippen molar-refractivity contribution in [3.63, 3.8) is 0 Å². The molecule has 3 rings (SSSR count). The number of fused-ring (bicyclic) bond motifs is 1. The molecule has 1 amide bonds. The number of ether oxygens (including phenoxy) is 1. The number of likely N-dealkylation sites (tertiary alicyclic amines) is 1. The number of carbonyl (C=O) groups is 2. The number of esters is 1. The molecule has 1 atom stereocenters. The van der Waals surface area contributed by atoms with Crippen LogP contribution in [0, 0.1) is 0 Å². The van der Waals surface area contributed by atoms with E-state index in [1.165, 1.54) is 6.07 Å². The van der Waals surface area contributed by atoms with Gasteiger partial charge in [0, 0.05) is 12.6 Å². The molecule has 24 heavy (non-hydrogen) atoms. The minimum absolute atomic E-state index is 0.0770. The number of carbonyl (C=O) groups excluding carboxylic acids is 2. The van der Waals surface area contributed by atoms with E-state index in [0.717, 1.165) is 30.0 Å². The lowest BCUT2D eigenvalue weighted by Gasteiger charge is -2.33. The summed E-state index contributed by atoms with van der Waals surface area (Å²) in [6.45, 7) is 2.42. The molecule has 1 aliphatic rings. The maximum Gasteiger partial charge on any atom is 0.342 e. The lowest BCUT2D eigenvalue weighted by Crippen LogP contribution is -2.44. The van der Waals surface area contributed by atoms with Crippen LogP contribution in [-0.2, 0) is 9.53 Å². The first-order chi connectivity index (χ1) is 11.6. The minimum Gasteiger partial charge on any atom is -0.507 e. The van der Waals surface area contributed by atoms with Crippen molar-refractivity contribution in [1.82, 2.24) is 4.90 Å². The second-order valence-electron chi connectivity index (χ2n) is 6.22. The van der Waals surface area contributed by atoms with Gasteiger partial charge in [-0.3, -0.25) is 4.79 Å². The quantitative estimate of drug-likeness (QED) is 0.880. The third-order valence-corrected chi connectivity index (χ3v) is 4.53. The number of piperidine rings is 1. The molecule has 1 saturated heterocycles. The van der Waals surface area contributed by atoms with Gasteiger partial charge in [-0.25, -0.2) is 4.79 Å². The Balaban J connectivity index is 1.68. The standard InChI is InChI=1S/C19H21NO4/c1-13-6-4-5-9-20(13)18(22)12-24-19(23)16-10-14-7-2-3-8-15(14)11-17(16)21/h2-3,7-8,10-11,13,21H,4-6,9,12H2,1H3/t13-/m0/s1. The molecule has 0 radical (unpaired) electrons. The molecule has 126 valence electrons. The average molecular weight is 327 g/mol. The Morgan fingerprint density at radius 3 is 2.62 bits per heavy atom. The van der Waals surface area contributed by atoms with E-state index in [1.807, 2.05) is 31.2 Å². The zero-order valence-corrected chi connectivity index (χ0v) is 13.7. The number of hydrogen-bond donors (Lipinski definition) is 1. The summed E-state index contributed by atoms with van der Waals surface area (Å²) >= 11 is 0. The zero-order chi connectivity index (χ0) is 17.1. The third kappa shape index (κ3) is 3.35. The van der Waals surface area contributed by atoms with Crippen LogP contribution in [0.25, 0.3) is 10.8 Å². The van der Waals surface area contributed by atoms with E-state index in [1.54, 1.807) is 11.0 Å². The number of aromatic hydroxyl groups is 1. The molecule has 5 heteroatoms.